The van der Waals surface area contributed by atoms with Crippen molar-refractivity contribution in [3.05, 3.63) is 107 Å². The molecule has 4 heteroatoms. The van der Waals surface area contributed by atoms with E-state index >= 15 is 0 Å². The van der Waals surface area contributed by atoms with Crippen LogP contribution in [-0.4, -0.2) is 29.8 Å². The Hall–Kier alpha value is -3.40. The highest BCUT2D eigenvalue weighted by atomic mass is 16.2. The Morgan fingerprint density at radius 2 is 1.57 bits per heavy atom. The molecule has 1 N–H and O–H groups in total. The Bertz CT molecular complexity index is 1000. The molecule has 0 unspecified atom stereocenters. The molecule has 1 fully saturated rings. The van der Waals surface area contributed by atoms with E-state index in [4.69, 9.17) is 0 Å². The molecule has 2 amide bonds. The Kier molecular flexibility index (Phi) is 6.23. The maximum Gasteiger partial charge on any atom is 0.253 e. The van der Waals surface area contributed by atoms with Crippen molar-refractivity contribution < 1.29 is 9.59 Å². The van der Waals surface area contributed by atoms with Crippen LogP contribution in [0, 0.1) is 0 Å². The normalized spacial score (nSPS) is 16.1. The second-order valence-corrected chi connectivity index (χ2v) is 7.75. The Labute approximate surface area is 177 Å². The SMILES string of the molecule is O=C(NCc1ccccc1)c1cccc([C@@H]2CCCN(C(=O)c3ccccc3)C2)c1. The third kappa shape index (κ3) is 4.77. The molecule has 4 rings (SSSR count). The zero-order valence-corrected chi connectivity index (χ0v) is 17.0. The van der Waals surface area contributed by atoms with Crippen molar-refractivity contribution in [2.75, 3.05) is 13.1 Å². The summed E-state index contributed by atoms with van der Waals surface area (Å²) < 4.78 is 0. The first kappa shape index (κ1) is 19.9. The second kappa shape index (κ2) is 9.40. The minimum atomic E-state index is -0.0752. The highest BCUT2D eigenvalue weighted by molar-refractivity contribution is 5.95. The predicted octanol–water partition coefficient (Wildman–Crippen LogP) is 4.64. The van der Waals surface area contributed by atoms with E-state index in [0.29, 0.717) is 18.7 Å². The molecule has 1 saturated heterocycles. The number of rotatable bonds is 5. The lowest BCUT2D eigenvalue weighted by atomic mass is 9.89. The average Bonchev–Trinajstić information content (AvgIpc) is 2.83. The van der Waals surface area contributed by atoms with E-state index in [9.17, 15) is 9.59 Å². The number of hydrogen-bond donors (Lipinski definition) is 1. The molecule has 0 saturated carbocycles. The fraction of sp³-hybridized carbons (Fsp3) is 0.231. The van der Waals surface area contributed by atoms with Crippen molar-refractivity contribution in [1.82, 2.24) is 10.2 Å². The zero-order valence-electron chi connectivity index (χ0n) is 17.0. The van der Waals surface area contributed by atoms with Gasteiger partial charge in [0.15, 0.2) is 0 Å². The van der Waals surface area contributed by atoms with Crippen LogP contribution in [0.4, 0.5) is 0 Å². The first-order valence-electron chi connectivity index (χ1n) is 10.5. The lowest BCUT2D eigenvalue weighted by molar-refractivity contribution is 0.0706. The van der Waals surface area contributed by atoms with Gasteiger partial charge in [-0.2, -0.15) is 0 Å². The van der Waals surface area contributed by atoms with Crippen LogP contribution >= 0.6 is 0 Å². The molecule has 4 nitrogen and oxygen atoms in total. The van der Waals surface area contributed by atoms with Gasteiger partial charge in [0.2, 0.25) is 0 Å². The monoisotopic (exact) mass is 398 g/mol. The number of likely N-dealkylation sites (tertiary alicyclic amines) is 1. The van der Waals surface area contributed by atoms with E-state index in [2.05, 4.69) is 11.4 Å². The highest BCUT2D eigenvalue weighted by Gasteiger charge is 2.25. The smallest absolute Gasteiger partial charge is 0.253 e. The van der Waals surface area contributed by atoms with Gasteiger partial charge in [0.25, 0.3) is 11.8 Å². The topological polar surface area (TPSA) is 49.4 Å². The average molecular weight is 399 g/mol. The number of nitrogens with one attached hydrogen (secondary N) is 1. The number of hydrogen-bond acceptors (Lipinski definition) is 2. The molecule has 3 aromatic rings. The van der Waals surface area contributed by atoms with Crippen LogP contribution in [0.2, 0.25) is 0 Å². The first-order valence-corrected chi connectivity index (χ1v) is 10.5. The van der Waals surface area contributed by atoms with E-state index in [0.717, 1.165) is 36.1 Å². The van der Waals surface area contributed by atoms with Gasteiger partial charge in [-0.25, -0.2) is 0 Å². The summed E-state index contributed by atoms with van der Waals surface area (Å²) in [6.07, 6.45) is 1.99. The Balaban J connectivity index is 1.42. The second-order valence-electron chi connectivity index (χ2n) is 7.75. The van der Waals surface area contributed by atoms with E-state index in [1.807, 2.05) is 83.8 Å². The summed E-state index contributed by atoms with van der Waals surface area (Å²) in [5, 5.41) is 2.99. The van der Waals surface area contributed by atoms with Gasteiger partial charge in [-0.15, -0.1) is 0 Å². The van der Waals surface area contributed by atoms with Crippen LogP contribution in [0.3, 0.4) is 0 Å². The molecule has 152 valence electrons. The standard InChI is InChI=1S/C26H26N2O2/c29-25(27-18-20-9-3-1-4-10-20)23-14-7-13-22(17-23)24-15-8-16-28(19-24)26(30)21-11-5-2-6-12-21/h1-7,9-14,17,24H,8,15-16,18-19H2,(H,27,29)/t24-/m1/s1. The number of nitrogens with zero attached hydrogens (tertiary/aromatic N) is 1. The van der Waals surface area contributed by atoms with Crippen LogP contribution in [0.5, 0.6) is 0 Å². The van der Waals surface area contributed by atoms with Crippen LogP contribution in [0.25, 0.3) is 0 Å². The maximum absolute atomic E-state index is 12.8. The van der Waals surface area contributed by atoms with Gasteiger partial charge in [0.1, 0.15) is 0 Å². The molecule has 1 aliphatic rings. The molecule has 0 aliphatic carbocycles. The lowest BCUT2D eigenvalue weighted by Crippen LogP contribution is -2.39. The number of benzene rings is 3. The van der Waals surface area contributed by atoms with E-state index in [1.165, 1.54) is 0 Å². The predicted molar refractivity (Wildman–Crippen MR) is 118 cm³/mol. The van der Waals surface area contributed by atoms with Crippen LogP contribution in [0.1, 0.15) is 50.6 Å². The minimum absolute atomic E-state index is 0.0752. The van der Waals surface area contributed by atoms with Gasteiger partial charge < -0.3 is 10.2 Å². The van der Waals surface area contributed by atoms with Crippen LogP contribution in [0.15, 0.2) is 84.9 Å². The van der Waals surface area contributed by atoms with Gasteiger partial charge in [-0.05, 0) is 48.2 Å². The van der Waals surface area contributed by atoms with Crippen molar-refractivity contribution >= 4 is 11.8 Å². The Morgan fingerprint density at radius 1 is 0.867 bits per heavy atom. The molecule has 30 heavy (non-hydrogen) atoms. The summed E-state index contributed by atoms with van der Waals surface area (Å²) in [5.74, 6) is 0.249. The van der Waals surface area contributed by atoms with E-state index in [-0.39, 0.29) is 17.7 Å². The van der Waals surface area contributed by atoms with Gasteiger partial charge in [-0.3, -0.25) is 9.59 Å². The molecule has 0 bridgehead atoms. The molecule has 0 spiro atoms. The van der Waals surface area contributed by atoms with Crippen molar-refractivity contribution in [2.45, 2.75) is 25.3 Å². The fourth-order valence-electron chi connectivity index (χ4n) is 4.01. The van der Waals surface area contributed by atoms with Crippen LogP contribution in [-0.2, 0) is 6.54 Å². The molecule has 3 aromatic carbocycles. The number of carbonyl (C=O) groups excluding carboxylic acids is 2. The molecule has 1 aliphatic heterocycles. The highest BCUT2D eigenvalue weighted by Crippen LogP contribution is 2.28. The molecule has 1 heterocycles. The van der Waals surface area contributed by atoms with Gasteiger partial charge in [-0.1, -0.05) is 60.7 Å². The quantitative estimate of drug-likeness (QED) is 0.681. The first-order chi connectivity index (χ1) is 14.7. The number of carbonyl (C=O) groups is 2. The summed E-state index contributed by atoms with van der Waals surface area (Å²) in [6.45, 7) is 1.97. The largest absolute Gasteiger partial charge is 0.348 e. The summed E-state index contributed by atoms with van der Waals surface area (Å²) >= 11 is 0. The number of amides is 2. The summed E-state index contributed by atoms with van der Waals surface area (Å²) in [5.41, 5.74) is 3.58. The molecule has 1 atom stereocenters. The molecular weight excluding hydrogens is 372 g/mol. The van der Waals surface area contributed by atoms with Crippen molar-refractivity contribution in [3.63, 3.8) is 0 Å². The Morgan fingerprint density at radius 3 is 2.33 bits per heavy atom. The minimum Gasteiger partial charge on any atom is -0.348 e. The van der Waals surface area contributed by atoms with Crippen molar-refractivity contribution in [3.8, 4) is 0 Å². The number of piperidine rings is 1. The third-order valence-corrected chi connectivity index (χ3v) is 5.65. The molecule has 0 aromatic heterocycles. The fourth-order valence-corrected chi connectivity index (χ4v) is 4.01. The summed E-state index contributed by atoms with van der Waals surface area (Å²) in [4.78, 5) is 27.4. The van der Waals surface area contributed by atoms with Crippen LogP contribution < -0.4 is 5.32 Å². The molecule has 0 radical (unpaired) electrons. The van der Waals surface area contributed by atoms with Gasteiger partial charge in [0, 0.05) is 36.7 Å². The van der Waals surface area contributed by atoms with E-state index in [1.54, 1.807) is 0 Å². The molecular formula is C26H26N2O2. The van der Waals surface area contributed by atoms with Gasteiger partial charge >= 0.3 is 0 Å². The summed E-state index contributed by atoms with van der Waals surface area (Å²) in [6, 6.07) is 27.1. The van der Waals surface area contributed by atoms with Crippen molar-refractivity contribution in [1.29, 1.82) is 0 Å². The zero-order chi connectivity index (χ0) is 20.8. The summed E-state index contributed by atoms with van der Waals surface area (Å²) in [7, 11) is 0. The third-order valence-electron chi connectivity index (χ3n) is 5.65. The van der Waals surface area contributed by atoms with E-state index < -0.39 is 0 Å². The van der Waals surface area contributed by atoms with Crippen molar-refractivity contribution in [2.24, 2.45) is 0 Å². The maximum atomic E-state index is 12.8. The lowest BCUT2D eigenvalue weighted by Gasteiger charge is -2.33. The van der Waals surface area contributed by atoms with Gasteiger partial charge in [0.05, 0.1) is 0 Å².